The van der Waals surface area contributed by atoms with E-state index in [0.717, 1.165) is 37.9 Å². The van der Waals surface area contributed by atoms with Crippen molar-refractivity contribution in [3.8, 4) is 0 Å². The summed E-state index contributed by atoms with van der Waals surface area (Å²) in [5.41, 5.74) is 0. The molecule has 1 fully saturated rings. The van der Waals surface area contributed by atoms with Crippen molar-refractivity contribution < 1.29 is 9.66 Å². The topological polar surface area (TPSA) is 43.3 Å². The van der Waals surface area contributed by atoms with Gasteiger partial charge in [0.2, 0.25) is 0 Å². The van der Waals surface area contributed by atoms with Gasteiger partial charge in [-0.05, 0) is 43.3 Å². The molecule has 0 radical (unpaired) electrons. The lowest BCUT2D eigenvalue weighted by Crippen LogP contribution is -2.38. The minimum Gasteiger partial charge on any atom is -0.616 e. The van der Waals surface area contributed by atoms with Gasteiger partial charge in [-0.15, -0.1) is 0 Å². The van der Waals surface area contributed by atoms with E-state index in [4.69, 9.17) is 0 Å². The number of aliphatic hydroxyl groups excluding tert-OH is 1. The quantitative estimate of drug-likeness (QED) is 0.408. The largest absolute Gasteiger partial charge is 0.616 e. The average Bonchev–Trinajstić information content (AvgIpc) is 2.49. The van der Waals surface area contributed by atoms with Gasteiger partial charge < -0.3 is 9.66 Å². The maximum absolute atomic E-state index is 12.2. The Labute approximate surface area is 135 Å². The van der Waals surface area contributed by atoms with Gasteiger partial charge in [-0.2, -0.15) is 0 Å². The molecule has 1 aliphatic carbocycles. The van der Waals surface area contributed by atoms with Crippen LogP contribution in [0.2, 0.25) is 0 Å². The van der Waals surface area contributed by atoms with Crippen LogP contribution in [0.25, 0.3) is 0 Å². The molecule has 3 unspecified atom stereocenters. The molecule has 0 spiro atoms. The van der Waals surface area contributed by atoms with E-state index in [2.05, 4.69) is 6.92 Å². The van der Waals surface area contributed by atoms with E-state index in [1.807, 2.05) is 0 Å². The molecule has 0 amide bonds. The lowest BCUT2D eigenvalue weighted by molar-refractivity contribution is 0.133. The van der Waals surface area contributed by atoms with Crippen LogP contribution >= 0.6 is 0 Å². The molecule has 0 heterocycles. The normalized spacial score (nSPS) is 24.1. The number of aliphatic hydroxyl groups is 1. The fourth-order valence-corrected chi connectivity index (χ4v) is 4.97. The standard InChI is InChI=1S/C18H36O2S/c1-2-3-4-5-6-7-8-9-10-13-16-21(20)18-15-12-11-14-17(18)19/h17-19H,2-16H2,1H3. The first-order valence-corrected chi connectivity index (χ1v) is 10.7. The highest BCUT2D eigenvalue weighted by Gasteiger charge is 2.32. The summed E-state index contributed by atoms with van der Waals surface area (Å²) in [6, 6.07) is 0. The van der Waals surface area contributed by atoms with E-state index in [-0.39, 0.29) is 11.4 Å². The van der Waals surface area contributed by atoms with Crippen molar-refractivity contribution in [1.82, 2.24) is 0 Å². The van der Waals surface area contributed by atoms with Gasteiger partial charge in [0.05, 0.1) is 0 Å². The van der Waals surface area contributed by atoms with Crippen molar-refractivity contribution in [2.45, 2.75) is 108 Å². The summed E-state index contributed by atoms with van der Waals surface area (Å²) in [6.07, 6.45) is 17.0. The van der Waals surface area contributed by atoms with Gasteiger partial charge in [0.15, 0.2) is 0 Å². The van der Waals surface area contributed by atoms with Crippen LogP contribution in [-0.2, 0) is 11.2 Å². The first-order valence-electron chi connectivity index (χ1n) is 9.31. The summed E-state index contributed by atoms with van der Waals surface area (Å²) in [6.45, 7) is 2.26. The molecule has 0 aromatic heterocycles. The zero-order valence-electron chi connectivity index (χ0n) is 14.0. The molecule has 2 nitrogen and oxygen atoms in total. The monoisotopic (exact) mass is 316 g/mol. The van der Waals surface area contributed by atoms with Gasteiger partial charge >= 0.3 is 0 Å². The third-order valence-electron chi connectivity index (χ3n) is 4.70. The van der Waals surface area contributed by atoms with Crippen LogP contribution in [0.15, 0.2) is 0 Å². The second-order valence-corrected chi connectivity index (χ2v) is 8.43. The molecule has 0 aromatic rings. The highest BCUT2D eigenvalue weighted by Crippen LogP contribution is 2.25. The molecule has 0 saturated heterocycles. The van der Waals surface area contributed by atoms with Gasteiger partial charge in [0, 0.05) is 0 Å². The molecule has 3 heteroatoms. The molecule has 1 aliphatic rings. The Bertz CT molecular complexity index is 235. The van der Waals surface area contributed by atoms with E-state index in [9.17, 15) is 9.66 Å². The van der Waals surface area contributed by atoms with Gasteiger partial charge in [-0.25, -0.2) is 0 Å². The molecular weight excluding hydrogens is 280 g/mol. The number of rotatable bonds is 12. The fraction of sp³-hybridized carbons (Fsp3) is 1.00. The van der Waals surface area contributed by atoms with E-state index in [1.54, 1.807) is 0 Å². The molecule has 1 rings (SSSR count). The molecule has 1 N–H and O–H groups in total. The molecule has 3 atom stereocenters. The molecule has 0 bridgehead atoms. The van der Waals surface area contributed by atoms with Crippen molar-refractivity contribution in [2.24, 2.45) is 0 Å². The van der Waals surface area contributed by atoms with Crippen LogP contribution in [0, 0.1) is 0 Å². The number of hydrogen-bond donors (Lipinski definition) is 1. The Balaban J connectivity index is 1.89. The van der Waals surface area contributed by atoms with Crippen molar-refractivity contribution in [2.75, 3.05) is 5.75 Å². The maximum Gasteiger partial charge on any atom is 0.141 e. The van der Waals surface area contributed by atoms with Gasteiger partial charge in [-0.1, -0.05) is 64.7 Å². The summed E-state index contributed by atoms with van der Waals surface area (Å²) < 4.78 is 12.2. The van der Waals surface area contributed by atoms with Crippen LogP contribution in [0.3, 0.4) is 0 Å². The van der Waals surface area contributed by atoms with Crippen LogP contribution in [0.1, 0.15) is 96.8 Å². The van der Waals surface area contributed by atoms with Crippen LogP contribution in [-0.4, -0.2) is 26.8 Å². The highest BCUT2D eigenvalue weighted by molar-refractivity contribution is 7.92. The third-order valence-corrected chi connectivity index (χ3v) is 6.62. The van der Waals surface area contributed by atoms with Crippen molar-refractivity contribution >= 4 is 11.2 Å². The molecule has 0 aromatic carbocycles. The van der Waals surface area contributed by atoms with Crippen molar-refractivity contribution in [1.29, 1.82) is 0 Å². The fourth-order valence-electron chi connectivity index (χ4n) is 3.27. The average molecular weight is 317 g/mol. The van der Waals surface area contributed by atoms with E-state index in [1.165, 1.54) is 57.8 Å². The summed E-state index contributed by atoms with van der Waals surface area (Å²) in [5.74, 6) is 0.804. The zero-order chi connectivity index (χ0) is 15.3. The van der Waals surface area contributed by atoms with E-state index >= 15 is 0 Å². The summed E-state index contributed by atoms with van der Waals surface area (Å²) in [5, 5.41) is 9.97. The van der Waals surface area contributed by atoms with E-state index in [0.29, 0.717) is 0 Å². The Hall–Kier alpha value is 0.270. The lowest BCUT2D eigenvalue weighted by atomic mass is 9.97. The van der Waals surface area contributed by atoms with Crippen LogP contribution in [0.5, 0.6) is 0 Å². The lowest BCUT2D eigenvalue weighted by Gasteiger charge is -2.29. The zero-order valence-corrected chi connectivity index (χ0v) is 14.8. The Morgan fingerprint density at radius 3 is 1.95 bits per heavy atom. The summed E-state index contributed by atoms with van der Waals surface area (Å²) >= 11 is -0.799. The second kappa shape index (κ2) is 12.8. The summed E-state index contributed by atoms with van der Waals surface area (Å²) in [7, 11) is 0. The van der Waals surface area contributed by atoms with Crippen LogP contribution < -0.4 is 0 Å². The van der Waals surface area contributed by atoms with Gasteiger partial charge in [-0.3, -0.25) is 0 Å². The van der Waals surface area contributed by atoms with Gasteiger partial charge in [0.1, 0.15) is 17.1 Å². The second-order valence-electron chi connectivity index (χ2n) is 6.66. The smallest absolute Gasteiger partial charge is 0.141 e. The Morgan fingerprint density at radius 2 is 1.38 bits per heavy atom. The molecule has 126 valence electrons. The summed E-state index contributed by atoms with van der Waals surface area (Å²) in [4.78, 5) is 0. The maximum atomic E-state index is 12.2. The highest BCUT2D eigenvalue weighted by atomic mass is 32.2. The molecule has 0 aliphatic heterocycles. The molecular formula is C18H36O2S. The molecule has 1 saturated carbocycles. The number of unbranched alkanes of at least 4 members (excludes halogenated alkanes) is 9. The number of hydrogen-bond acceptors (Lipinski definition) is 2. The Kier molecular flexibility index (Phi) is 11.8. The van der Waals surface area contributed by atoms with E-state index < -0.39 is 11.2 Å². The van der Waals surface area contributed by atoms with Crippen molar-refractivity contribution in [3.05, 3.63) is 0 Å². The minimum absolute atomic E-state index is 0.0670. The van der Waals surface area contributed by atoms with Crippen LogP contribution in [0.4, 0.5) is 0 Å². The predicted octanol–water partition coefficient (Wildman–Crippen LogP) is 4.96. The minimum atomic E-state index is -0.799. The predicted molar refractivity (Wildman–Crippen MR) is 93.1 cm³/mol. The Morgan fingerprint density at radius 1 is 0.857 bits per heavy atom. The first-order chi connectivity index (χ1) is 10.3. The van der Waals surface area contributed by atoms with Crippen molar-refractivity contribution in [3.63, 3.8) is 0 Å². The molecule has 21 heavy (non-hydrogen) atoms. The SMILES string of the molecule is CCCCCCCCCCCC[S+]([O-])C1CCCCC1O. The third kappa shape index (κ3) is 9.10. The van der Waals surface area contributed by atoms with Gasteiger partial charge in [0.25, 0.3) is 0 Å². The first kappa shape index (κ1) is 19.3.